The largest absolute Gasteiger partial charge is 0.394 e. The van der Waals surface area contributed by atoms with Gasteiger partial charge in [-0.25, -0.2) is 4.79 Å². The predicted molar refractivity (Wildman–Crippen MR) is 51.4 cm³/mol. The molecule has 8 heteroatoms. The van der Waals surface area contributed by atoms with Gasteiger partial charge in [0.2, 0.25) is 6.23 Å². The van der Waals surface area contributed by atoms with E-state index in [1.807, 2.05) is 0 Å². The average molecular weight is 252 g/mol. The molecule has 17 heavy (non-hydrogen) atoms. The lowest BCUT2D eigenvalue weighted by atomic mass is 10.1. The van der Waals surface area contributed by atoms with Gasteiger partial charge < -0.3 is 20.3 Å². The maximum atomic E-state index is 13.7. The van der Waals surface area contributed by atoms with Gasteiger partial charge in [-0.3, -0.25) is 4.90 Å². The van der Waals surface area contributed by atoms with E-state index < -0.39 is 37.0 Å². The maximum Gasteiger partial charge on any atom is 0.319 e. The predicted octanol–water partition coefficient (Wildman–Crippen LogP) is -0.885. The van der Waals surface area contributed by atoms with Gasteiger partial charge in [0, 0.05) is 13.1 Å². The first-order chi connectivity index (χ1) is 7.98. The van der Waals surface area contributed by atoms with E-state index in [0.717, 1.165) is 4.90 Å². The molecule has 2 amide bonds. The maximum absolute atomic E-state index is 13.7. The van der Waals surface area contributed by atoms with Gasteiger partial charge >= 0.3 is 12.0 Å². The number of alkyl halides is 2. The molecule has 2 aliphatic rings. The molecule has 98 valence electrons. The quantitative estimate of drug-likeness (QED) is 0.596. The molecule has 3 atom stereocenters. The van der Waals surface area contributed by atoms with Gasteiger partial charge in [-0.15, -0.1) is 0 Å². The first-order valence-corrected chi connectivity index (χ1v) is 5.35. The Morgan fingerprint density at radius 3 is 2.82 bits per heavy atom. The second kappa shape index (κ2) is 4.35. The van der Waals surface area contributed by atoms with Gasteiger partial charge in [0.05, 0.1) is 6.61 Å². The third-order valence-electron chi connectivity index (χ3n) is 2.96. The van der Waals surface area contributed by atoms with Crippen LogP contribution in [0.3, 0.4) is 0 Å². The zero-order valence-electron chi connectivity index (χ0n) is 8.97. The Labute approximate surface area is 96.2 Å². The van der Waals surface area contributed by atoms with Crippen molar-refractivity contribution in [1.82, 2.24) is 10.2 Å². The van der Waals surface area contributed by atoms with Crippen LogP contribution in [0.2, 0.25) is 0 Å². The molecule has 1 unspecified atom stereocenters. The van der Waals surface area contributed by atoms with Gasteiger partial charge in [0.1, 0.15) is 6.10 Å². The van der Waals surface area contributed by atoms with Crippen LogP contribution in [0.4, 0.5) is 13.6 Å². The van der Waals surface area contributed by atoms with E-state index in [-0.39, 0.29) is 6.54 Å². The van der Waals surface area contributed by atoms with Gasteiger partial charge in [-0.1, -0.05) is 0 Å². The summed E-state index contributed by atoms with van der Waals surface area (Å²) in [4.78, 5) is 12.3. The topological polar surface area (TPSA) is 82.0 Å². The number of hydrogen-bond donors (Lipinski definition) is 3. The molecule has 0 spiro atoms. The molecule has 6 nitrogen and oxygen atoms in total. The molecular weight excluding hydrogens is 238 g/mol. The number of nitrogens with one attached hydrogen (secondary N) is 1. The zero-order chi connectivity index (χ0) is 12.6. The van der Waals surface area contributed by atoms with Crippen LogP contribution >= 0.6 is 0 Å². The van der Waals surface area contributed by atoms with Crippen molar-refractivity contribution < 1.29 is 28.5 Å². The number of carbonyl (C=O) groups is 1. The van der Waals surface area contributed by atoms with Crippen molar-refractivity contribution in [3.05, 3.63) is 0 Å². The van der Waals surface area contributed by atoms with Crippen LogP contribution in [0.15, 0.2) is 0 Å². The normalized spacial score (nSPS) is 37.1. The van der Waals surface area contributed by atoms with E-state index in [0.29, 0.717) is 13.0 Å². The van der Waals surface area contributed by atoms with Gasteiger partial charge in [-0.05, 0) is 6.42 Å². The summed E-state index contributed by atoms with van der Waals surface area (Å²) in [5.41, 5.74) is 0. The number of halogens is 2. The lowest BCUT2D eigenvalue weighted by Crippen LogP contribution is -2.57. The smallest absolute Gasteiger partial charge is 0.319 e. The summed E-state index contributed by atoms with van der Waals surface area (Å²) in [6.07, 6.45) is -4.77. The van der Waals surface area contributed by atoms with Crippen LogP contribution < -0.4 is 5.32 Å². The first-order valence-electron chi connectivity index (χ1n) is 5.35. The number of aliphatic hydroxyl groups is 2. The van der Waals surface area contributed by atoms with Crippen LogP contribution in [0.25, 0.3) is 0 Å². The van der Waals surface area contributed by atoms with Crippen molar-refractivity contribution >= 4 is 6.03 Å². The Kier molecular flexibility index (Phi) is 3.19. The van der Waals surface area contributed by atoms with Crippen LogP contribution in [-0.4, -0.2) is 65.2 Å². The summed E-state index contributed by atoms with van der Waals surface area (Å²) in [5, 5.41) is 20.5. The second-order valence-corrected chi connectivity index (χ2v) is 4.11. The van der Waals surface area contributed by atoms with Crippen molar-refractivity contribution in [3.8, 4) is 0 Å². The Bertz CT molecular complexity index is 315. The van der Waals surface area contributed by atoms with Crippen LogP contribution in [0, 0.1) is 0 Å². The Balaban J connectivity index is 2.17. The number of ether oxygens (including phenoxy) is 1. The molecule has 0 aromatic heterocycles. The molecule has 2 heterocycles. The molecule has 2 aliphatic heterocycles. The monoisotopic (exact) mass is 252 g/mol. The van der Waals surface area contributed by atoms with E-state index in [2.05, 4.69) is 5.32 Å². The van der Waals surface area contributed by atoms with Crippen molar-refractivity contribution in [3.63, 3.8) is 0 Å². The fourth-order valence-corrected chi connectivity index (χ4v) is 2.02. The summed E-state index contributed by atoms with van der Waals surface area (Å²) in [6, 6.07) is -0.647. The van der Waals surface area contributed by atoms with Crippen molar-refractivity contribution in [1.29, 1.82) is 0 Å². The van der Waals surface area contributed by atoms with E-state index in [4.69, 9.17) is 9.84 Å². The highest BCUT2D eigenvalue weighted by Crippen LogP contribution is 2.38. The van der Waals surface area contributed by atoms with E-state index in [9.17, 15) is 18.7 Å². The van der Waals surface area contributed by atoms with Crippen LogP contribution in [0.1, 0.15) is 6.42 Å². The number of amides is 2. The highest BCUT2D eigenvalue weighted by atomic mass is 19.3. The summed E-state index contributed by atoms with van der Waals surface area (Å²) in [7, 11) is 0. The van der Waals surface area contributed by atoms with Crippen molar-refractivity contribution in [2.75, 3.05) is 19.7 Å². The highest BCUT2D eigenvalue weighted by molar-refractivity contribution is 5.75. The Hall–Kier alpha value is -0.990. The third-order valence-corrected chi connectivity index (χ3v) is 2.96. The molecule has 0 aliphatic carbocycles. The van der Waals surface area contributed by atoms with Crippen molar-refractivity contribution in [2.45, 2.75) is 30.8 Å². The molecular formula is C9H14F2N2O4. The lowest BCUT2D eigenvalue weighted by molar-refractivity contribution is -0.156. The molecule has 0 saturated carbocycles. The Morgan fingerprint density at radius 1 is 1.59 bits per heavy atom. The van der Waals surface area contributed by atoms with E-state index in [1.165, 1.54) is 0 Å². The fourth-order valence-electron chi connectivity index (χ4n) is 2.02. The number of rotatable bonds is 2. The number of urea groups is 1. The summed E-state index contributed by atoms with van der Waals surface area (Å²) >= 11 is 0. The molecule has 3 N–H and O–H groups in total. The lowest BCUT2D eigenvalue weighted by Gasteiger charge is -2.34. The molecule has 0 aromatic carbocycles. The summed E-state index contributed by atoms with van der Waals surface area (Å²) in [5.74, 6) is -3.58. The van der Waals surface area contributed by atoms with Crippen LogP contribution in [0.5, 0.6) is 0 Å². The standard InChI is InChI=1S/C9H14F2N2O4/c10-9(11)6(15)5(4-14)17-7(9)13-3-1-2-12-8(13)16/h5-7,14-15H,1-4H2,(H,12,16)/t5-,6-,7?/m1/s1. The fraction of sp³-hybridized carbons (Fsp3) is 0.889. The number of aliphatic hydroxyl groups excluding tert-OH is 2. The minimum atomic E-state index is -3.58. The molecule has 0 radical (unpaired) electrons. The minimum absolute atomic E-state index is 0.136. The molecule has 2 rings (SSSR count). The molecule has 0 bridgehead atoms. The van der Waals surface area contributed by atoms with Crippen molar-refractivity contribution in [2.24, 2.45) is 0 Å². The minimum Gasteiger partial charge on any atom is -0.394 e. The molecule has 2 fully saturated rings. The van der Waals surface area contributed by atoms with Gasteiger partial charge in [0.25, 0.3) is 0 Å². The number of carbonyl (C=O) groups excluding carboxylic acids is 1. The number of hydrogen-bond acceptors (Lipinski definition) is 4. The highest BCUT2D eigenvalue weighted by Gasteiger charge is 2.61. The molecule has 2 saturated heterocycles. The van der Waals surface area contributed by atoms with Crippen LogP contribution in [-0.2, 0) is 4.74 Å². The first kappa shape index (κ1) is 12.5. The molecule has 0 aromatic rings. The SMILES string of the molecule is O=C1NCCCN1C1O[C@H](CO)[C@@H](O)C1(F)F. The second-order valence-electron chi connectivity index (χ2n) is 4.11. The van der Waals surface area contributed by atoms with Gasteiger partial charge in [-0.2, -0.15) is 8.78 Å². The average Bonchev–Trinajstić information content (AvgIpc) is 2.52. The zero-order valence-corrected chi connectivity index (χ0v) is 8.97. The number of nitrogens with zero attached hydrogens (tertiary/aromatic N) is 1. The van der Waals surface area contributed by atoms with Gasteiger partial charge in [0.15, 0.2) is 6.10 Å². The van der Waals surface area contributed by atoms with E-state index in [1.54, 1.807) is 0 Å². The third kappa shape index (κ3) is 1.96. The Morgan fingerprint density at radius 2 is 2.29 bits per heavy atom. The summed E-state index contributed by atoms with van der Waals surface area (Å²) in [6.45, 7) is -0.153. The van der Waals surface area contributed by atoms with E-state index >= 15 is 0 Å². The summed E-state index contributed by atoms with van der Waals surface area (Å²) < 4.78 is 32.2.